The summed E-state index contributed by atoms with van der Waals surface area (Å²) in [5.41, 5.74) is 0.150. The highest BCUT2D eigenvalue weighted by molar-refractivity contribution is 5.89. The number of para-hydroxylation sites is 1. The van der Waals surface area contributed by atoms with Crippen LogP contribution in [0.4, 0.5) is 5.69 Å². The van der Waals surface area contributed by atoms with E-state index in [0.29, 0.717) is 27.6 Å². The topological polar surface area (TPSA) is 142 Å². The number of aromatic hydroxyl groups is 1. The van der Waals surface area contributed by atoms with Gasteiger partial charge in [0, 0.05) is 11.6 Å². The number of phenols is 1. The maximum atomic E-state index is 13.4. The lowest BCUT2D eigenvalue weighted by molar-refractivity contribution is -0.386. The molecule has 0 aliphatic rings. The number of phenolic OH excluding ortho intramolecular Hbond substituents is 1. The number of furan rings is 1. The van der Waals surface area contributed by atoms with Crippen LogP contribution in [0, 0.1) is 10.1 Å². The number of hydrogen-bond acceptors (Lipinski definition) is 9. The molecule has 0 aliphatic carbocycles. The molecule has 36 heavy (non-hydrogen) atoms. The van der Waals surface area contributed by atoms with Gasteiger partial charge in [-0.3, -0.25) is 14.9 Å². The maximum Gasteiger partial charge on any atom is 0.315 e. The summed E-state index contributed by atoms with van der Waals surface area (Å²) in [6, 6.07) is 16.3. The van der Waals surface area contributed by atoms with Gasteiger partial charge in [0.1, 0.15) is 11.3 Å². The Kier molecular flexibility index (Phi) is 5.57. The van der Waals surface area contributed by atoms with Gasteiger partial charge in [0.15, 0.2) is 11.5 Å². The Bertz CT molecular complexity index is 1740. The molecule has 11 heteroatoms. The Morgan fingerprint density at radius 2 is 1.83 bits per heavy atom. The fourth-order valence-electron chi connectivity index (χ4n) is 3.82. The summed E-state index contributed by atoms with van der Waals surface area (Å²) in [7, 11) is 2.81. The average molecular weight is 486 g/mol. The molecule has 0 unspecified atom stereocenters. The molecular formula is C25H18N4O7. The molecule has 0 fully saturated rings. The van der Waals surface area contributed by atoms with Crippen molar-refractivity contribution in [1.82, 2.24) is 9.66 Å². The second-order valence-corrected chi connectivity index (χ2v) is 7.64. The van der Waals surface area contributed by atoms with Crippen molar-refractivity contribution in [3.05, 3.63) is 86.7 Å². The van der Waals surface area contributed by atoms with Gasteiger partial charge in [0.2, 0.25) is 11.6 Å². The van der Waals surface area contributed by atoms with Crippen molar-refractivity contribution in [3.8, 4) is 28.8 Å². The summed E-state index contributed by atoms with van der Waals surface area (Å²) in [6.07, 6.45) is 1.24. The summed E-state index contributed by atoms with van der Waals surface area (Å²) in [6.45, 7) is 0. The molecular weight excluding hydrogens is 468 g/mol. The first-order chi connectivity index (χ1) is 17.4. The van der Waals surface area contributed by atoms with Gasteiger partial charge < -0.3 is 19.0 Å². The monoisotopic (exact) mass is 486 g/mol. The quantitative estimate of drug-likeness (QED) is 0.212. The summed E-state index contributed by atoms with van der Waals surface area (Å²) in [5.74, 6) is 0.252. The molecule has 11 nitrogen and oxygen atoms in total. The SMILES string of the molecule is COc1cc(C=Nn2c(-c3cc4c(OC)cccc4o3)nc3ccccc3c2=O)cc([N+](=O)[O-])c1O. The Labute approximate surface area is 202 Å². The summed E-state index contributed by atoms with van der Waals surface area (Å²) in [5, 5.41) is 26.7. The molecule has 2 aromatic heterocycles. The first kappa shape index (κ1) is 22.6. The summed E-state index contributed by atoms with van der Waals surface area (Å²) >= 11 is 0. The number of nitrogens with zero attached hydrogens (tertiary/aromatic N) is 4. The van der Waals surface area contributed by atoms with Crippen LogP contribution in [-0.4, -0.2) is 40.1 Å². The highest BCUT2D eigenvalue weighted by atomic mass is 16.6. The molecule has 0 saturated carbocycles. The van der Waals surface area contributed by atoms with Crippen LogP contribution < -0.4 is 15.0 Å². The maximum absolute atomic E-state index is 13.4. The fourth-order valence-corrected chi connectivity index (χ4v) is 3.82. The van der Waals surface area contributed by atoms with Gasteiger partial charge in [0.25, 0.3) is 5.56 Å². The molecule has 5 aromatic rings. The highest BCUT2D eigenvalue weighted by Gasteiger charge is 2.20. The first-order valence-corrected chi connectivity index (χ1v) is 10.6. The lowest BCUT2D eigenvalue weighted by atomic mass is 10.2. The Balaban J connectivity index is 1.73. The van der Waals surface area contributed by atoms with E-state index in [9.17, 15) is 20.0 Å². The number of hydrogen-bond donors (Lipinski definition) is 1. The number of benzene rings is 3. The van der Waals surface area contributed by atoms with Crippen molar-refractivity contribution in [1.29, 1.82) is 0 Å². The van der Waals surface area contributed by atoms with Crippen molar-refractivity contribution in [2.75, 3.05) is 14.2 Å². The lowest BCUT2D eigenvalue weighted by Gasteiger charge is -2.08. The minimum atomic E-state index is -0.744. The van der Waals surface area contributed by atoms with Gasteiger partial charge in [-0.05, 0) is 36.4 Å². The molecule has 5 rings (SSSR count). The molecule has 0 radical (unpaired) electrons. The van der Waals surface area contributed by atoms with Crippen LogP contribution in [0.1, 0.15) is 5.56 Å². The zero-order chi connectivity index (χ0) is 25.4. The van der Waals surface area contributed by atoms with Crippen LogP contribution in [0.25, 0.3) is 33.5 Å². The van der Waals surface area contributed by atoms with E-state index in [2.05, 4.69) is 10.1 Å². The smallest absolute Gasteiger partial charge is 0.315 e. The number of nitro benzene ring substituents is 1. The normalized spacial score (nSPS) is 11.4. The van der Waals surface area contributed by atoms with Crippen molar-refractivity contribution < 1.29 is 23.9 Å². The Morgan fingerprint density at radius 3 is 2.58 bits per heavy atom. The van der Waals surface area contributed by atoms with Gasteiger partial charge in [-0.1, -0.05) is 18.2 Å². The predicted molar refractivity (Wildman–Crippen MR) is 132 cm³/mol. The van der Waals surface area contributed by atoms with E-state index in [1.807, 2.05) is 0 Å². The molecule has 0 aliphatic heterocycles. The van der Waals surface area contributed by atoms with Crippen molar-refractivity contribution in [2.24, 2.45) is 5.10 Å². The summed E-state index contributed by atoms with van der Waals surface area (Å²) < 4.78 is 17.5. The Hall–Kier alpha value is -5.19. The van der Waals surface area contributed by atoms with Gasteiger partial charge in [-0.15, -0.1) is 0 Å². The van der Waals surface area contributed by atoms with Crippen LogP contribution >= 0.6 is 0 Å². The molecule has 0 saturated heterocycles. The second kappa shape index (κ2) is 8.87. The number of fused-ring (bicyclic) bond motifs is 2. The standard InChI is InChI=1S/C25H18N4O7/c1-34-19-8-5-9-20-16(19)12-22(36-20)24-27-17-7-4-3-6-15(17)25(31)28(24)26-13-14-10-18(29(32)33)23(30)21(11-14)35-2/h3-13,30H,1-2H3. The number of rotatable bonds is 6. The zero-order valence-electron chi connectivity index (χ0n) is 19.0. The van der Waals surface area contributed by atoms with E-state index in [1.165, 1.54) is 19.4 Å². The molecule has 2 heterocycles. The van der Waals surface area contributed by atoms with Gasteiger partial charge in [-0.2, -0.15) is 9.78 Å². The number of ether oxygens (including phenoxy) is 2. The number of nitro groups is 1. The van der Waals surface area contributed by atoms with E-state index >= 15 is 0 Å². The third-order valence-electron chi connectivity index (χ3n) is 5.53. The molecule has 3 aromatic carbocycles. The minimum absolute atomic E-state index is 0.112. The van der Waals surface area contributed by atoms with E-state index < -0.39 is 21.9 Å². The van der Waals surface area contributed by atoms with Crippen molar-refractivity contribution in [2.45, 2.75) is 0 Å². The van der Waals surface area contributed by atoms with Crippen LogP contribution in [0.2, 0.25) is 0 Å². The fraction of sp³-hybridized carbons (Fsp3) is 0.0800. The molecule has 0 amide bonds. The Morgan fingerprint density at radius 1 is 1.06 bits per heavy atom. The first-order valence-electron chi connectivity index (χ1n) is 10.6. The van der Waals surface area contributed by atoms with E-state index in [4.69, 9.17) is 13.9 Å². The van der Waals surface area contributed by atoms with Crippen LogP contribution in [-0.2, 0) is 0 Å². The van der Waals surface area contributed by atoms with Crippen LogP contribution in [0.3, 0.4) is 0 Å². The van der Waals surface area contributed by atoms with E-state index in [0.717, 1.165) is 10.7 Å². The molecule has 0 bridgehead atoms. The molecule has 180 valence electrons. The lowest BCUT2D eigenvalue weighted by Crippen LogP contribution is -2.20. The third-order valence-corrected chi connectivity index (χ3v) is 5.53. The zero-order valence-corrected chi connectivity index (χ0v) is 19.0. The van der Waals surface area contributed by atoms with Gasteiger partial charge >= 0.3 is 5.69 Å². The number of aromatic nitrogens is 2. The summed E-state index contributed by atoms with van der Waals surface area (Å²) in [4.78, 5) is 28.6. The molecule has 0 spiro atoms. The third kappa shape index (κ3) is 3.78. The molecule has 0 atom stereocenters. The second-order valence-electron chi connectivity index (χ2n) is 7.64. The molecule has 1 N–H and O–H groups in total. The highest BCUT2D eigenvalue weighted by Crippen LogP contribution is 2.36. The predicted octanol–water partition coefficient (Wildman–Crippen LogP) is 4.32. The van der Waals surface area contributed by atoms with Crippen molar-refractivity contribution >= 4 is 33.8 Å². The van der Waals surface area contributed by atoms with Crippen molar-refractivity contribution in [3.63, 3.8) is 0 Å². The van der Waals surface area contributed by atoms with Gasteiger partial charge in [0.05, 0.1) is 41.6 Å². The largest absolute Gasteiger partial charge is 0.500 e. The number of methoxy groups -OCH3 is 2. The minimum Gasteiger partial charge on any atom is -0.500 e. The van der Waals surface area contributed by atoms with Gasteiger partial charge in [-0.25, -0.2) is 4.98 Å². The van der Waals surface area contributed by atoms with Crippen LogP contribution in [0.5, 0.6) is 17.2 Å². The average Bonchev–Trinajstić information content (AvgIpc) is 3.33. The van der Waals surface area contributed by atoms with E-state index in [-0.39, 0.29) is 22.9 Å². The van der Waals surface area contributed by atoms with Crippen LogP contribution in [0.15, 0.2) is 75.0 Å². The van der Waals surface area contributed by atoms with E-state index in [1.54, 1.807) is 55.6 Å².